The fourth-order valence-electron chi connectivity index (χ4n) is 2.89. The Morgan fingerprint density at radius 2 is 1.89 bits per heavy atom. The first-order valence-corrected chi connectivity index (χ1v) is 9.50. The second-order valence-electron chi connectivity index (χ2n) is 6.14. The van der Waals surface area contributed by atoms with E-state index in [0.29, 0.717) is 5.56 Å². The van der Waals surface area contributed by atoms with Gasteiger partial charge in [0.15, 0.2) is 12.4 Å². The van der Waals surface area contributed by atoms with Crippen molar-refractivity contribution in [3.63, 3.8) is 0 Å². The highest BCUT2D eigenvalue weighted by molar-refractivity contribution is 7.18. The van der Waals surface area contributed by atoms with Gasteiger partial charge in [0.05, 0.1) is 17.0 Å². The van der Waals surface area contributed by atoms with Crippen LogP contribution in [0.1, 0.15) is 32.5 Å². The first-order valence-electron chi connectivity index (χ1n) is 8.68. The van der Waals surface area contributed by atoms with E-state index in [2.05, 4.69) is 5.32 Å². The van der Waals surface area contributed by atoms with E-state index >= 15 is 0 Å². The quantitative estimate of drug-likeness (QED) is 0.492. The predicted octanol–water partition coefficient (Wildman–Crippen LogP) is 2.41. The normalized spacial score (nSPS) is 10.6. The van der Waals surface area contributed by atoms with E-state index in [9.17, 15) is 14.4 Å². The van der Waals surface area contributed by atoms with E-state index in [1.54, 1.807) is 18.4 Å². The fourth-order valence-corrected chi connectivity index (χ4v) is 3.96. The van der Waals surface area contributed by atoms with Crippen LogP contribution in [-0.2, 0) is 16.1 Å². The van der Waals surface area contributed by atoms with Gasteiger partial charge in [0.1, 0.15) is 5.00 Å². The number of ether oxygens (including phenoxy) is 1. The monoisotopic (exact) mass is 398 g/mol. The van der Waals surface area contributed by atoms with Crippen LogP contribution in [-0.4, -0.2) is 24.4 Å². The molecule has 0 bridgehead atoms. The molecule has 0 saturated heterocycles. The fraction of sp³-hybridized carbons (Fsp3) is 0.200. The molecule has 144 valence electrons. The zero-order chi connectivity index (χ0) is 20.3. The van der Waals surface area contributed by atoms with Crippen molar-refractivity contribution in [2.75, 3.05) is 11.9 Å². The Bertz CT molecular complexity index is 1070. The number of rotatable bonds is 6. The molecule has 3 N–H and O–H groups in total. The van der Waals surface area contributed by atoms with E-state index in [1.807, 2.05) is 42.7 Å². The molecule has 0 radical (unpaired) electrons. The van der Waals surface area contributed by atoms with Gasteiger partial charge in [-0.3, -0.25) is 9.59 Å². The molecule has 1 aromatic carbocycles. The third-order valence-electron chi connectivity index (χ3n) is 4.18. The highest BCUT2D eigenvalue weighted by atomic mass is 32.1. The van der Waals surface area contributed by atoms with Crippen molar-refractivity contribution in [1.82, 2.24) is 0 Å². The number of esters is 1. The molecule has 3 rings (SSSR count). The predicted molar refractivity (Wildman–Crippen MR) is 106 cm³/mol. The van der Waals surface area contributed by atoms with Gasteiger partial charge < -0.3 is 15.8 Å². The number of fused-ring (bicyclic) bond motifs is 1. The third-order valence-corrected chi connectivity index (χ3v) is 5.40. The Hall–Kier alpha value is -3.26. The second-order valence-corrected chi connectivity index (χ2v) is 7.16. The average Bonchev–Trinajstić information content (AvgIpc) is 2.98. The number of nitrogens with two attached hydrogens (primary N) is 1. The molecule has 2 heterocycles. The molecule has 2 aromatic heterocycles. The van der Waals surface area contributed by atoms with Crippen LogP contribution < -0.4 is 15.6 Å². The van der Waals surface area contributed by atoms with Gasteiger partial charge in [-0.15, -0.1) is 11.3 Å². The second kappa shape index (κ2) is 8.18. The molecule has 0 unspecified atom stereocenters. The number of hydrogen-bond donors (Lipinski definition) is 2. The largest absolute Gasteiger partial charge is 0.462 e. The van der Waals surface area contributed by atoms with Gasteiger partial charge in [0.25, 0.3) is 11.8 Å². The molecule has 0 aliphatic heterocycles. The van der Waals surface area contributed by atoms with Gasteiger partial charge in [0.2, 0.25) is 6.54 Å². The van der Waals surface area contributed by atoms with Crippen molar-refractivity contribution in [2.45, 2.75) is 20.4 Å². The Morgan fingerprint density at radius 1 is 1.18 bits per heavy atom. The summed E-state index contributed by atoms with van der Waals surface area (Å²) in [5, 5.41) is 5.05. The van der Waals surface area contributed by atoms with E-state index in [1.165, 1.54) is 0 Å². The van der Waals surface area contributed by atoms with Crippen LogP contribution in [0.5, 0.6) is 0 Å². The van der Waals surface area contributed by atoms with Gasteiger partial charge >= 0.3 is 5.97 Å². The summed E-state index contributed by atoms with van der Waals surface area (Å²) in [5.41, 5.74) is 5.95. The summed E-state index contributed by atoms with van der Waals surface area (Å²) in [4.78, 5) is 36.7. The maximum Gasteiger partial charge on any atom is 0.341 e. The highest BCUT2D eigenvalue weighted by Gasteiger charge is 2.26. The van der Waals surface area contributed by atoms with Gasteiger partial charge in [-0.05, 0) is 30.9 Å². The van der Waals surface area contributed by atoms with Crippen LogP contribution >= 0.6 is 11.3 Å². The average molecular weight is 398 g/mol. The van der Waals surface area contributed by atoms with Crippen LogP contribution in [0.15, 0.2) is 42.7 Å². The molecule has 8 heteroatoms. The molecule has 0 aliphatic rings. The molecule has 0 atom stereocenters. The topological polar surface area (TPSA) is 102 Å². The molecular weight excluding hydrogens is 378 g/mol. The number of thiophene rings is 1. The Morgan fingerprint density at radius 3 is 2.57 bits per heavy atom. The zero-order valence-corrected chi connectivity index (χ0v) is 16.3. The van der Waals surface area contributed by atoms with Crippen molar-refractivity contribution in [2.24, 2.45) is 5.73 Å². The van der Waals surface area contributed by atoms with E-state index in [0.717, 1.165) is 22.1 Å². The highest BCUT2D eigenvalue weighted by Crippen LogP contribution is 2.33. The Balaban J connectivity index is 1.85. The lowest BCUT2D eigenvalue weighted by molar-refractivity contribution is -0.682. The van der Waals surface area contributed by atoms with Crippen LogP contribution in [0.2, 0.25) is 0 Å². The Labute approximate surface area is 165 Å². The summed E-state index contributed by atoms with van der Waals surface area (Å²) in [7, 11) is 0. The summed E-state index contributed by atoms with van der Waals surface area (Å²) >= 11 is 0.973. The van der Waals surface area contributed by atoms with Crippen LogP contribution in [0.25, 0.3) is 10.8 Å². The summed E-state index contributed by atoms with van der Waals surface area (Å²) < 4.78 is 6.80. The molecule has 0 saturated carbocycles. The van der Waals surface area contributed by atoms with E-state index in [-0.39, 0.29) is 34.5 Å². The zero-order valence-electron chi connectivity index (χ0n) is 15.5. The first kappa shape index (κ1) is 19.5. The van der Waals surface area contributed by atoms with Gasteiger partial charge in [-0.2, -0.15) is 4.57 Å². The lowest BCUT2D eigenvalue weighted by Gasteiger charge is -2.06. The SMILES string of the molecule is CCOC(=O)c1c(NC(=O)C[n+]2ccc3ccccc3c2)sc(C(N)=O)c1C. The summed E-state index contributed by atoms with van der Waals surface area (Å²) in [6.45, 7) is 3.52. The maximum atomic E-state index is 12.5. The maximum absolute atomic E-state index is 12.5. The van der Waals surface area contributed by atoms with Crippen molar-refractivity contribution >= 4 is 44.9 Å². The van der Waals surface area contributed by atoms with E-state index in [4.69, 9.17) is 10.5 Å². The number of aromatic nitrogens is 1. The minimum absolute atomic E-state index is 0.0515. The molecule has 2 amide bonds. The van der Waals surface area contributed by atoms with Crippen LogP contribution in [0.4, 0.5) is 5.00 Å². The van der Waals surface area contributed by atoms with Crippen molar-refractivity contribution < 1.29 is 23.7 Å². The first-order chi connectivity index (χ1) is 13.4. The van der Waals surface area contributed by atoms with Crippen molar-refractivity contribution in [3.8, 4) is 0 Å². The molecule has 7 nitrogen and oxygen atoms in total. The molecular formula is C20H20N3O4S+. The summed E-state index contributed by atoms with van der Waals surface area (Å²) in [6, 6.07) is 9.76. The molecule has 0 aliphatic carbocycles. The lowest BCUT2D eigenvalue weighted by atomic mass is 10.1. The number of carbonyl (C=O) groups is 3. The number of primary amides is 1. The summed E-state index contributed by atoms with van der Waals surface area (Å²) in [5.74, 6) is -1.59. The number of hydrogen-bond acceptors (Lipinski definition) is 5. The van der Waals surface area contributed by atoms with Gasteiger partial charge in [-0.25, -0.2) is 4.79 Å². The molecule has 3 aromatic rings. The van der Waals surface area contributed by atoms with E-state index < -0.39 is 11.9 Å². The molecule has 28 heavy (non-hydrogen) atoms. The lowest BCUT2D eigenvalue weighted by Crippen LogP contribution is -2.39. The number of carbonyl (C=O) groups excluding carboxylic acids is 3. The molecule has 0 spiro atoms. The van der Waals surface area contributed by atoms with Crippen molar-refractivity contribution in [3.05, 3.63) is 58.7 Å². The van der Waals surface area contributed by atoms with Crippen molar-refractivity contribution in [1.29, 1.82) is 0 Å². The number of pyridine rings is 1. The number of nitrogens with one attached hydrogen (secondary N) is 1. The third kappa shape index (κ3) is 4.01. The van der Waals surface area contributed by atoms with Gasteiger partial charge in [0, 0.05) is 11.5 Å². The smallest absolute Gasteiger partial charge is 0.341 e. The standard InChI is InChI=1S/C20H19N3O4S/c1-3-27-20(26)16-12(2)17(18(21)25)28-19(16)22-15(24)11-23-9-8-13-6-4-5-7-14(13)10-23/h4-10H,3,11H2,1-2H3,(H2-,21,22,24,25,26)/p+1. The Kier molecular flexibility index (Phi) is 5.70. The number of nitrogens with zero attached hydrogens (tertiary/aromatic N) is 1. The minimum atomic E-state index is -0.655. The number of benzene rings is 1. The minimum Gasteiger partial charge on any atom is -0.462 e. The van der Waals surface area contributed by atoms with Gasteiger partial charge in [-0.1, -0.05) is 18.2 Å². The van der Waals surface area contributed by atoms with Crippen LogP contribution in [0.3, 0.4) is 0 Å². The number of anilines is 1. The van der Waals surface area contributed by atoms with Crippen LogP contribution in [0, 0.1) is 6.92 Å². The molecule has 0 fully saturated rings. The number of amides is 2. The summed E-state index contributed by atoms with van der Waals surface area (Å²) in [6.07, 6.45) is 3.68.